The Bertz CT molecular complexity index is 46.1. The normalized spacial score (nSPS) is 25.3. The molecule has 0 nitrogen and oxygen atoms in total. The van der Waals surface area contributed by atoms with Gasteiger partial charge in [-0.3, -0.25) is 0 Å². The predicted octanol–water partition coefficient (Wildman–Crippen LogP) is 1.57. The highest BCUT2D eigenvalue weighted by Crippen LogP contribution is 2.28. The molecule has 0 N–H and O–H groups in total. The van der Waals surface area contributed by atoms with Crippen molar-refractivity contribution in [2.45, 2.75) is 37.8 Å². The lowest BCUT2D eigenvalue weighted by Crippen LogP contribution is -1.90. The Balaban J connectivity index is 2.14. The minimum absolute atomic E-state index is 0.390. The summed E-state index contributed by atoms with van der Waals surface area (Å²) < 4.78 is 0. The van der Waals surface area contributed by atoms with Gasteiger partial charge in [-0.05, 0) is 0 Å². The van der Waals surface area contributed by atoms with Crippen LogP contribution >= 0.6 is 0 Å². The van der Waals surface area contributed by atoms with Crippen LogP contribution in [-0.2, 0) is 0 Å². The van der Waals surface area contributed by atoms with Crippen molar-refractivity contribution in [3.63, 3.8) is 0 Å². The van der Waals surface area contributed by atoms with Gasteiger partial charge in [0.05, 0.1) is 0 Å². The van der Waals surface area contributed by atoms with Crippen LogP contribution in [0.4, 0.5) is 0 Å². The van der Waals surface area contributed by atoms with Crippen molar-refractivity contribution in [3.8, 4) is 0 Å². The van der Waals surface area contributed by atoms with Crippen LogP contribution in [0, 0.1) is 0 Å². The lowest BCUT2D eigenvalue weighted by molar-refractivity contribution is 0.869. The quantitative estimate of drug-likeness (QED) is 0.454. The summed E-state index contributed by atoms with van der Waals surface area (Å²) in [6.45, 7) is 2.44. The van der Waals surface area contributed by atoms with E-state index in [9.17, 15) is 0 Å². The Morgan fingerprint density at radius 3 is 2.14 bits per heavy atom. The van der Waals surface area contributed by atoms with Crippen molar-refractivity contribution in [1.82, 2.24) is 0 Å². The van der Waals surface area contributed by atoms with Gasteiger partial charge < -0.3 is 0 Å². The highest BCUT2D eigenvalue weighted by molar-refractivity contribution is 6.35. The molecule has 7 heavy (non-hydrogen) atoms. The summed E-state index contributed by atoms with van der Waals surface area (Å²) in [5.41, 5.74) is 1.24. The Morgan fingerprint density at radius 1 is 1.29 bits per heavy atom. The molecular weight excluding hydrogens is 100 g/mol. The Labute approximate surface area is 48.1 Å². The second kappa shape index (κ2) is 2.51. The molecule has 0 unspecified atom stereocenters. The summed E-state index contributed by atoms with van der Waals surface area (Å²) in [6.07, 6.45) is 6.21. The van der Waals surface area contributed by atoms with E-state index in [0.29, 0.717) is 9.52 Å². The van der Waals surface area contributed by atoms with E-state index in [4.69, 9.17) is 0 Å². The van der Waals surface area contributed by atoms with Crippen LogP contribution < -0.4 is 0 Å². The fraction of sp³-hybridized carbons (Fsp3) is 1.00. The van der Waals surface area contributed by atoms with Crippen molar-refractivity contribution < 1.29 is 0 Å². The molecule has 0 aromatic heterocycles. The van der Waals surface area contributed by atoms with Gasteiger partial charge in [0, 0.05) is 9.52 Å². The second-order valence-corrected chi connectivity index (χ2v) is 4.53. The zero-order valence-electron chi connectivity index (χ0n) is 5.11. The molecule has 0 bridgehead atoms. The molecule has 0 amide bonds. The van der Waals surface area contributed by atoms with E-state index in [1.54, 1.807) is 12.8 Å². The van der Waals surface area contributed by atoms with Gasteiger partial charge in [0.15, 0.2) is 0 Å². The summed E-state index contributed by atoms with van der Waals surface area (Å²) in [5.74, 6) is 0. The number of hydrogen-bond acceptors (Lipinski definition) is 0. The third-order valence-corrected chi connectivity index (χ3v) is 4.02. The van der Waals surface area contributed by atoms with Gasteiger partial charge in [-0.25, -0.2) is 0 Å². The Kier molecular flexibility index (Phi) is 1.92. The van der Waals surface area contributed by atoms with Crippen molar-refractivity contribution in [2.75, 3.05) is 0 Å². The summed E-state index contributed by atoms with van der Waals surface area (Å²) >= 11 is 0. The van der Waals surface area contributed by atoms with Gasteiger partial charge in [-0.15, -0.1) is 0 Å². The van der Waals surface area contributed by atoms with Crippen molar-refractivity contribution in [3.05, 3.63) is 0 Å². The molecule has 0 atom stereocenters. The van der Waals surface area contributed by atoms with Gasteiger partial charge >= 0.3 is 0 Å². The monoisotopic (exact) mass is 114 g/mol. The first-order valence-corrected chi connectivity index (χ1v) is 5.66. The molecule has 0 aliphatic heterocycles. The van der Waals surface area contributed by atoms with Crippen molar-refractivity contribution >= 4 is 9.52 Å². The molecule has 1 saturated carbocycles. The first-order chi connectivity index (χ1) is 3.43. The SMILES string of the molecule is C[SiH2]C1CCCC1. The van der Waals surface area contributed by atoms with Crippen LogP contribution in [0.1, 0.15) is 25.7 Å². The number of hydrogen-bond donors (Lipinski definition) is 0. The van der Waals surface area contributed by atoms with E-state index in [0.717, 1.165) is 0 Å². The second-order valence-electron chi connectivity index (χ2n) is 2.56. The third kappa shape index (κ3) is 1.30. The third-order valence-electron chi connectivity index (χ3n) is 2.05. The van der Waals surface area contributed by atoms with Gasteiger partial charge in [-0.1, -0.05) is 37.8 Å². The molecule has 1 fully saturated rings. The molecule has 0 heterocycles. The summed E-state index contributed by atoms with van der Waals surface area (Å²) in [7, 11) is 0.390. The fourth-order valence-corrected chi connectivity index (χ4v) is 2.81. The first-order valence-electron chi connectivity index (χ1n) is 3.43. The largest absolute Gasteiger partial charge is 0.0746 e. The highest BCUT2D eigenvalue weighted by Gasteiger charge is 2.11. The summed E-state index contributed by atoms with van der Waals surface area (Å²) in [5, 5.41) is 0. The van der Waals surface area contributed by atoms with E-state index in [-0.39, 0.29) is 0 Å². The maximum atomic E-state index is 2.44. The maximum absolute atomic E-state index is 2.44. The van der Waals surface area contributed by atoms with Crippen LogP contribution in [-0.4, -0.2) is 9.52 Å². The van der Waals surface area contributed by atoms with E-state index in [1.807, 2.05) is 0 Å². The molecule has 0 aromatic rings. The summed E-state index contributed by atoms with van der Waals surface area (Å²) in [4.78, 5) is 0. The van der Waals surface area contributed by atoms with Crippen LogP contribution in [0.2, 0.25) is 12.1 Å². The van der Waals surface area contributed by atoms with Crippen LogP contribution in [0.25, 0.3) is 0 Å². The molecule has 42 valence electrons. The Hall–Kier alpha value is 0.217. The maximum Gasteiger partial charge on any atom is 0.0201 e. The van der Waals surface area contributed by atoms with Gasteiger partial charge in [0.25, 0.3) is 0 Å². The van der Waals surface area contributed by atoms with Gasteiger partial charge in [0.2, 0.25) is 0 Å². The minimum atomic E-state index is 0.390. The molecular formula is C6H14Si. The average Bonchev–Trinajstić information content (AvgIpc) is 2.14. The smallest absolute Gasteiger partial charge is 0.0201 e. The van der Waals surface area contributed by atoms with E-state index in [2.05, 4.69) is 6.55 Å². The average molecular weight is 114 g/mol. The zero-order valence-corrected chi connectivity index (χ0v) is 6.53. The first kappa shape index (κ1) is 5.36. The standard InChI is InChI=1S/C6H14Si/c1-7-6-4-2-3-5-6/h6H,2-5,7H2,1H3. The molecule has 0 saturated heterocycles. The lowest BCUT2D eigenvalue weighted by Gasteiger charge is -1.98. The van der Waals surface area contributed by atoms with Gasteiger partial charge in [-0.2, -0.15) is 0 Å². The fourth-order valence-electron chi connectivity index (χ4n) is 1.42. The van der Waals surface area contributed by atoms with Crippen LogP contribution in [0.3, 0.4) is 0 Å². The van der Waals surface area contributed by atoms with Crippen molar-refractivity contribution in [2.24, 2.45) is 0 Å². The lowest BCUT2D eigenvalue weighted by atomic mass is 10.4. The molecule has 1 aliphatic carbocycles. The minimum Gasteiger partial charge on any atom is -0.0746 e. The molecule has 0 aromatic carbocycles. The Morgan fingerprint density at radius 2 is 1.86 bits per heavy atom. The highest BCUT2D eigenvalue weighted by atomic mass is 28.2. The van der Waals surface area contributed by atoms with E-state index in [1.165, 1.54) is 18.4 Å². The molecule has 1 aliphatic rings. The van der Waals surface area contributed by atoms with Crippen LogP contribution in [0.5, 0.6) is 0 Å². The topological polar surface area (TPSA) is 0 Å². The van der Waals surface area contributed by atoms with E-state index < -0.39 is 0 Å². The van der Waals surface area contributed by atoms with E-state index >= 15 is 0 Å². The predicted molar refractivity (Wildman–Crippen MR) is 36.6 cm³/mol. The summed E-state index contributed by atoms with van der Waals surface area (Å²) in [6, 6.07) is 0. The molecule has 0 radical (unpaired) electrons. The number of rotatable bonds is 1. The van der Waals surface area contributed by atoms with Crippen LogP contribution in [0.15, 0.2) is 0 Å². The van der Waals surface area contributed by atoms with Gasteiger partial charge in [0.1, 0.15) is 0 Å². The molecule has 1 rings (SSSR count). The van der Waals surface area contributed by atoms with Crippen molar-refractivity contribution in [1.29, 1.82) is 0 Å². The zero-order chi connectivity index (χ0) is 5.11. The molecule has 1 heteroatoms. The molecule has 0 spiro atoms.